The van der Waals surface area contributed by atoms with Crippen molar-refractivity contribution >= 4 is 23.3 Å². The molecule has 0 spiro atoms. The zero-order valence-electron chi connectivity index (χ0n) is 18.2. The Hall–Kier alpha value is -2.93. The van der Waals surface area contributed by atoms with Crippen LogP contribution in [0.2, 0.25) is 0 Å². The van der Waals surface area contributed by atoms with Gasteiger partial charge in [-0.25, -0.2) is 0 Å². The van der Waals surface area contributed by atoms with Crippen LogP contribution in [0.4, 0.5) is 5.69 Å². The van der Waals surface area contributed by atoms with E-state index in [1.807, 2.05) is 13.8 Å². The molecule has 1 saturated heterocycles. The fourth-order valence-electron chi connectivity index (χ4n) is 4.38. The highest BCUT2D eigenvalue weighted by Gasteiger charge is 2.37. The van der Waals surface area contributed by atoms with E-state index in [1.54, 1.807) is 31.2 Å². The summed E-state index contributed by atoms with van der Waals surface area (Å²) in [6, 6.07) is 6.82. The van der Waals surface area contributed by atoms with Gasteiger partial charge >= 0.3 is 0 Å². The smallest absolute Gasteiger partial charge is 0.291 e. The van der Waals surface area contributed by atoms with Gasteiger partial charge in [-0.05, 0) is 37.3 Å². The number of ether oxygens (including phenoxy) is 1. The Morgan fingerprint density at radius 2 is 1.94 bits per heavy atom. The van der Waals surface area contributed by atoms with Gasteiger partial charge in [0.2, 0.25) is 0 Å². The Kier molecular flexibility index (Phi) is 5.71. The molecule has 0 bridgehead atoms. The Balaban J connectivity index is 1.52. The lowest BCUT2D eigenvalue weighted by atomic mass is 9.76. The van der Waals surface area contributed by atoms with Crippen molar-refractivity contribution in [1.29, 1.82) is 0 Å². The Morgan fingerprint density at radius 1 is 1.16 bits per heavy atom. The minimum absolute atomic E-state index is 0.000426. The number of carbonyl (C=O) groups excluding carboxylic acids is 3. The predicted molar refractivity (Wildman–Crippen MR) is 116 cm³/mol. The highest BCUT2D eigenvalue weighted by atomic mass is 16.5. The molecule has 1 aromatic heterocycles. The topological polar surface area (TPSA) is 97.6 Å². The van der Waals surface area contributed by atoms with Crippen LogP contribution in [0.5, 0.6) is 0 Å². The summed E-state index contributed by atoms with van der Waals surface area (Å²) < 4.78 is 11.4. The molecule has 2 N–H and O–H groups in total. The molecule has 7 nitrogen and oxygen atoms in total. The van der Waals surface area contributed by atoms with Crippen molar-refractivity contribution in [2.45, 2.75) is 52.6 Å². The van der Waals surface area contributed by atoms with Crippen LogP contribution in [0.15, 0.2) is 28.7 Å². The second-order valence-electron chi connectivity index (χ2n) is 9.14. The summed E-state index contributed by atoms with van der Waals surface area (Å²) in [5.74, 6) is -0.0757. The Morgan fingerprint density at radius 3 is 2.68 bits per heavy atom. The quantitative estimate of drug-likeness (QED) is 0.759. The molecular formula is C24H28N2O5. The maximum Gasteiger partial charge on any atom is 0.291 e. The third kappa shape index (κ3) is 4.42. The molecule has 31 heavy (non-hydrogen) atoms. The van der Waals surface area contributed by atoms with Crippen molar-refractivity contribution in [2.75, 3.05) is 18.5 Å². The van der Waals surface area contributed by atoms with Gasteiger partial charge in [-0.15, -0.1) is 0 Å². The van der Waals surface area contributed by atoms with E-state index in [4.69, 9.17) is 9.15 Å². The number of anilines is 1. The summed E-state index contributed by atoms with van der Waals surface area (Å²) in [5, 5.41) is 5.66. The van der Waals surface area contributed by atoms with Gasteiger partial charge in [-0.2, -0.15) is 0 Å². The first kappa shape index (κ1) is 21.3. The molecule has 2 amide bonds. The van der Waals surface area contributed by atoms with Gasteiger partial charge in [-0.1, -0.05) is 26.0 Å². The standard InChI is InChI=1S/C24H28N2O5/c1-14-20-18(27)11-24(2,3)12-19(20)31-21(14)23(29)26-17-9-5-4-8-16(17)22(28)25-13-15-7-6-10-30-15/h4-5,8-9,15H,6-7,10-13H2,1-3H3,(H,25,28)(H,26,29). The lowest BCUT2D eigenvalue weighted by Crippen LogP contribution is -2.32. The van der Waals surface area contributed by atoms with Crippen LogP contribution < -0.4 is 10.6 Å². The van der Waals surface area contributed by atoms with Crippen LogP contribution in [0.1, 0.15) is 75.7 Å². The molecule has 2 aromatic rings. The van der Waals surface area contributed by atoms with Crippen LogP contribution >= 0.6 is 0 Å². The van der Waals surface area contributed by atoms with Gasteiger partial charge in [0.05, 0.1) is 22.9 Å². The summed E-state index contributed by atoms with van der Waals surface area (Å²) in [7, 11) is 0. The van der Waals surface area contributed by atoms with E-state index in [-0.39, 0.29) is 29.0 Å². The first-order valence-corrected chi connectivity index (χ1v) is 10.7. The van der Waals surface area contributed by atoms with E-state index < -0.39 is 5.91 Å². The van der Waals surface area contributed by atoms with Gasteiger partial charge in [0.1, 0.15) is 5.76 Å². The summed E-state index contributed by atoms with van der Waals surface area (Å²) in [6.07, 6.45) is 2.99. The first-order chi connectivity index (χ1) is 14.7. The molecule has 1 aliphatic heterocycles. The predicted octanol–water partition coefficient (Wildman–Crippen LogP) is 3.90. The molecule has 1 aliphatic carbocycles. The first-order valence-electron chi connectivity index (χ1n) is 10.7. The fourth-order valence-corrected chi connectivity index (χ4v) is 4.38. The summed E-state index contributed by atoms with van der Waals surface area (Å²) >= 11 is 0. The highest BCUT2D eigenvalue weighted by molar-refractivity contribution is 6.10. The normalized spacial score (nSPS) is 19.7. The van der Waals surface area contributed by atoms with Crippen LogP contribution in [0.25, 0.3) is 0 Å². The van der Waals surface area contributed by atoms with Gasteiger partial charge in [0.25, 0.3) is 11.8 Å². The van der Waals surface area contributed by atoms with Crippen molar-refractivity contribution in [3.05, 3.63) is 52.5 Å². The number of ketones is 1. The molecule has 7 heteroatoms. The van der Waals surface area contributed by atoms with Crippen LogP contribution in [-0.2, 0) is 11.2 Å². The number of Topliss-reactive ketones (excluding diaryl/α,β-unsaturated/α-hetero) is 1. The lowest BCUT2D eigenvalue weighted by Gasteiger charge is -2.27. The van der Waals surface area contributed by atoms with Crippen LogP contribution in [0, 0.1) is 12.3 Å². The lowest BCUT2D eigenvalue weighted by molar-refractivity contribution is 0.0857. The Labute approximate surface area is 181 Å². The van der Waals surface area contributed by atoms with Crippen LogP contribution in [0.3, 0.4) is 0 Å². The molecule has 1 atom stereocenters. The molecule has 0 saturated carbocycles. The average Bonchev–Trinajstić information content (AvgIpc) is 3.33. The number of nitrogens with one attached hydrogen (secondary N) is 2. The number of para-hydroxylation sites is 1. The number of carbonyl (C=O) groups is 3. The zero-order valence-corrected chi connectivity index (χ0v) is 18.2. The molecular weight excluding hydrogens is 396 g/mol. The molecule has 4 rings (SSSR count). The van der Waals surface area contributed by atoms with Gasteiger partial charge in [0.15, 0.2) is 11.5 Å². The minimum atomic E-state index is -0.475. The van der Waals surface area contributed by atoms with E-state index in [2.05, 4.69) is 10.6 Å². The number of benzene rings is 1. The largest absolute Gasteiger partial charge is 0.455 e. The second-order valence-corrected chi connectivity index (χ2v) is 9.14. The van der Waals surface area contributed by atoms with Crippen molar-refractivity contribution in [2.24, 2.45) is 5.41 Å². The van der Waals surface area contributed by atoms with Crippen molar-refractivity contribution in [1.82, 2.24) is 5.32 Å². The fraction of sp³-hybridized carbons (Fsp3) is 0.458. The third-order valence-electron chi connectivity index (χ3n) is 5.92. The number of fused-ring (bicyclic) bond motifs is 1. The van der Waals surface area contributed by atoms with Gasteiger partial charge in [-0.3, -0.25) is 14.4 Å². The zero-order chi connectivity index (χ0) is 22.2. The molecule has 1 fully saturated rings. The molecule has 2 heterocycles. The van der Waals surface area contributed by atoms with Crippen molar-refractivity contribution < 1.29 is 23.5 Å². The van der Waals surface area contributed by atoms with E-state index in [9.17, 15) is 14.4 Å². The van der Waals surface area contributed by atoms with Crippen molar-refractivity contribution in [3.8, 4) is 0 Å². The summed E-state index contributed by atoms with van der Waals surface area (Å²) in [4.78, 5) is 38.3. The van der Waals surface area contributed by atoms with E-state index in [0.29, 0.717) is 47.5 Å². The second kappa shape index (κ2) is 8.30. The highest BCUT2D eigenvalue weighted by Crippen LogP contribution is 2.38. The van der Waals surface area contributed by atoms with Crippen molar-refractivity contribution in [3.63, 3.8) is 0 Å². The SMILES string of the molecule is Cc1c(C(=O)Nc2ccccc2C(=O)NCC2CCCO2)oc2c1C(=O)CC(C)(C)C2. The third-order valence-corrected chi connectivity index (χ3v) is 5.92. The summed E-state index contributed by atoms with van der Waals surface area (Å²) in [6.45, 7) is 6.91. The molecule has 1 aromatic carbocycles. The Bertz CT molecular complexity index is 1030. The minimum Gasteiger partial charge on any atom is -0.455 e. The molecule has 164 valence electrons. The maximum atomic E-state index is 13.0. The number of furan rings is 1. The van der Waals surface area contributed by atoms with Crippen LogP contribution in [-0.4, -0.2) is 36.9 Å². The molecule has 0 radical (unpaired) electrons. The molecule has 2 aliphatic rings. The van der Waals surface area contributed by atoms with E-state index >= 15 is 0 Å². The number of amides is 2. The van der Waals surface area contributed by atoms with E-state index in [1.165, 1.54) is 0 Å². The summed E-state index contributed by atoms with van der Waals surface area (Å²) in [5.41, 5.74) is 1.62. The number of rotatable bonds is 5. The maximum absolute atomic E-state index is 13.0. The monoisotopic (exact) mass is 424 g/mol. The van der Waals surface area contributed by atoms with Gasteiger partial charge in [0, 0.05) is 31.6 Å². The number of hydrogen-bond acceptors (Lipinski definition) is 5. The number of hydrogen-bond donors (Lipinski definition) is 2. The molecule has 1 unspecified atom stereocenters. The van der Waals surface area contributed by atoms with Gasteiger partial charge < -0.3 is 19.8 Å². The average molecular weight is 424 g/mol. The van der Waals surface area contributed by atoms with E-state index in [0.717, 1.165) is 19.4 Å².